The van der Waals surface area contributed by atoms with E-state index >= 15 is 0 Å². The molecule has 1 aromatic rings. The highest BCUT2D eigenvalue weighted by Gasteiger charge is 2.31. The molecule has 4 nitrogen and oxygen atoms in total. The second-order valence-corrected chi connectivity index (χ2v) is 5.00. The highest BCUT2D eigenvalue weighted by Crippen LogP contribution is 2.21. The number of likely N-dealkylation sites (N-methyl/N-ethyl adjacent to an activating group) is 1. The van der Waals surface area contributed by atoms with Crippen LogP contribution in [0.2, 0.25) is 0 Å². The first-order chi connectivity index (χ1) is 9.51. The van der Waals surface area contributed by atoms with Gasteiger partial charge in [-0.2, -0.15) is 0 Å². The molecule has 0 aliphatic carbocycles. The van der Waals surface area contributed by atoms with Crippen molar-refractivity contribution in [2.75, 3.05) is 13.6 Å². The van der Waals surface area contributed by atoms with Gasteiger partial charge in [0.2, 0.25) is 0 Å². The second-order valence-electron chi connectivity index (χ2n) is 5.00. The Kier molecular flexibility index (Phi) is 4.67. The minimum atomic E-state index is -0.913. The van der Waals surface area contributed by atoms with Gasteiger partial charge in [0.15, 0.2) is 11.6 Å². The first-order valence-electron chi connectivity index (χ1n) is 6.55. The molecule has 6 heteroatoms. The molecule has 0 spiro atoms. The molecule has 1 aliphatic rings. The lowest BCUT2D eigenvalue weighted by molar-refractivity contribution is -0.141. The lowest BCUT2D eigenvalue weighted by Crippen LogP contribution is -2.36. The zero-order valence-corrected chi connectivity index (χ0v) is 11.3. The van der Waals surface area contributed by atoms with Gasteiger partial charge in [-0.3, -0.25) is 4.79 Å². The molecule has 110 valence electrons. The molecule has 0 radical (unpaired) electrons. The van der Waals surface area contributed by atoms with E-state index in [1.54, 1.807) is 7.05 Å². The fourth-order valence-electron chi connectivity index (χ4n) is 2.30. The van der Waals surface area contributed by atoms with Gasteiger partial charge in [-0.05, 0) is 30.5 Å². The van der Waals surface area contributed by atoms with Gasteiger partial charge in [-0.1, -0.05) is 6.07 Å². The Balaban J connectivity index is 1.95. The van der Waals surface area contributed by atoms with Crippen LogP contribution in [0.1, 0.15) is 18.4 Å². The van der Waals surface area contributed by atoms with Gasteiger partial charge >= 0.3 is 0 Å². The Morgan fingerprint density at radius 2 is 2.15 bits per heavy atom. The van der Waals surface area contributed by atoms with Crippen LogP contribution < -0.4 is 5.73 Å². The Hall–Kier alpha value is -1.53. The number of halogens is 2. The van der Waals surface area contributed by atoms with Crippen LogP contribution in [0, 0.1) is 11.6 Å². The van der Waals surface area contributed by atoms with Crippen LogP contribution in [0.25, 0.3) is 0 Å². The van der Waals surface area contributed by atoms with Gasteiger partial charge in [-0.15, -0.1) is 0 Å². The van der Waals surface area contributed by atoms with Gasteiger partial charge in [0.05, 0.1) is 6.10 Å². The summed E-state index contributed by atoms with van der Waals surface area (Å²) in [5.41, 5.74) is 6.03. The van der Waals surface area contributed by atoms with Crippen molar-refractivity contribution in [3.05, 3.63) is 35.4 Å². The van der Waals surface area contributed by atoms with Crippen LogP contribution in [0.4, 0.5) is 8.78 Å². The third-order valence-corrected chi connectivity index (χ3v) is 3.43. The minimum absolute atomic E-state index is 0.0689. The third kappa shape index (κ3) is 3.32. The maximum Gasteiger partial charge on any atom is 0.251 e. The SMILES string of the molecule is CN(Cc1ccc(F)c(F)c1)C(=O)C1CCC(CN)O1. The predicted octanol–water partition coefficient (Wildman–Crippen LogP) is 1.43. The fourth-order valence-corrected chi connectivity index (χ4v) is 2.30. The Morgan fingerprint density at radius 1 is 1.40 bits per heavy atom. The summed E-state index contributed by atoms with van der Waals surface area (Å²) in [4.78, 5) is 13.6. The molecule has 20 heavy (non-hydrogen) atoms. The first kappa shape index (κ1) is 14.9. The number of hydrogen-bond donors (Lipinski definition) is 1. The number of carbonyl (C=O) groups excluding carboxylic acids is 1. The first-order valence-corrected chi connectivity index (χ1v) is 6.55. The summed E-state index contributed by atoms with van der Waals surface area (Å²) in [5.74, 6) is -1.97. The summed E-state index contributed by atoms with van der Waals surface area (Å²) in [6.45, 7) is 0.611. The van der Waals surface area contributed by atoms with E-state index < -0.39 is 17.7 Å². The zero-order valence-electron chi connectivity index (χ0n) is 11.3. The Bertz CT molecular complexity index is 496. The molecule has 1 amide bonds. The number of rotatable bonds is 4. The quantitative estimate of drug-likeness (QED) is 0.910. The lowest BCUT2D eigenvalue weighted by Gasteiger charge is -2.21. The maximum atomic E-state index is 13.1. The summed E-state index contributed by atoms with van der Waals surface area (Å²) in [6.07, 6.45) is 0.855. The number of hydrogen-bond acceptors (Lipinski definition) is 3. The van der Waals surface area contributed by atoms with E-state index in [9.17, 15) is 13.6 Å². The van der Waals surface area contributed by atoms with Gasteiger partial charge < -0.3 is 15.4 Å². The number of carbonyl (C=O) groups is 1. The number of nitrogens with two attached hydrogens (primary N) is 1. The minimum Gasteiger partial charge on any atom is -0.364 e. The van der Waals surface area contributed by atoms with Gasteiger partial charge in [0, 0.05) is 20.1 Å². The standard InChI is InChI=1S/C14H18F2N2O2/c1-18(8-9-2-4-11(15)12(16)6-9)14(19)13-5-3-10(7-17)20-13/h2,4,6,10,13H,3,5,7-8,17H2,1H3. The van der Waals surface area contributed by atoms with Crippen molar-refractivity contribution < 1.29 is 18.3 Å². The van der Waals surface area contributed by atoms with E-state index in [1.807, 2.05) is 0 Å². The highest BCUT2D eigenvalue weighted by molar-refractivity contribution is 5.81. The predicted molar refractivity (Wildman–Crippen MR) is 69.8 cm³/mol. The zero-order chi connectivity index (χ0) is 14.7. The van der Waals surface area contributed by atoms with Crippen LogP contribution in [0.5, 0.6) is 0 Å². The van der Waals surface area contributed by atoms with E-state index in [-0.39, 0.29) is 18.6 Å². The molecule has 2 N–H and O–H groups in total. The van der Waals surface area contributed by atoms with Crippen LogP contribution in [-0.2, 0) is 16.1 Å². The molecule has 2 atom stereocenters. The van der Waals surface area contributed by atoms with Crippen LogP contribution in [0.3, 0.4) is 0 Å². The van der Waals surface area contributed by atoms with E-state index in [4.69, 9.17) is 10.5 Å². The van der Waals surface area contributed by atoms with Crippen LogP contribution in [0.15, 0.2) is 18.2 Å². The summed E-state index contributed by atoms with van der Waals surface area (Å²) < 4.78 is 31.5. The largest absolute Gasteiger partial charge is 0.364 e. The summed E-state index contributed by atoms with van der Waals surface area (Å²) in [6, 6.07) is 3.61. The van der Waals surface area contributed by atoms with E-state index in [0.29, 0.717) is 18.5 Å². The third-order valence-electron chi connectivity index (χ3n) is 3.43. The summed E-state index contributed by atoms with van der Waals surface area (Å²) in [5, 5.41) is 0. The van der Waals surface area contributed by atoms with Gasteiger partial charge in [0.25, 0.3) is 5.91 Å². The molecule has 1 heterocycles. The van der Waals surface area contributed by atoms with Crippen LogP contribution >= 0.6 is 0 Å². The van der Waals surface area contributed by atoms with Crippen molar-refractivity contribution in [1.29, 1.82) is 0 Å². The van der Waals surface area contributed by atoms with Crippen molar-refractivity contribution in [3.63, 3.8) is 0 Å². The van der Waals surface area contributed by atoms with Crippen molar-refractivity contribution in [2.45, 2.75) is 31.6 Å². The normalized spacial score (nSPS) is 22.0. The number of nitrogens with zero attached hydrogens (tertiary/aromatic N) is 1. The topological polar surface area (TPSA) is 55.6 Å². The van der Waals surface area contributed by atoms with Crippen LogP contribution in [-0.4, -0.2) is 36.6 Å². The van der Waals surface area contributed by atoms with Gasteiger partial charge in [0.1, 0.15) is 6.10 Å². The monoisotopic (exact) mass is 284 g/mol. The average Bonchev–Trinajstić information content (AvgIpc) is 2.91. The van der Waals surface area contributed by atoms with Crippen molar-refractivity contribution >= 4 is 5.91 Å². The molecule has 1 fully saturated rings. The molecule has 1 aliphatic heterocycles. The Morgan fingerprint density at radius 3 is 2.75 bits per heavy atom. The van der Waals surface area contributed by atoms with Crippen molar-refractivity contribution in [1.82, 2.24) is 4.90 Å². The number of ether oxygens (including phenoxy) is 1. The van der Waals surface area contributed by atoms with Crippen molar-refractivity contribution in [2.24, 2.45) is 5.73 Å². The van der Waals surface area contributed by atoms with Crippen molar-refractivity contribution in [3.8, 4) is 0 Å². The van der Waals surface area contributed by atoms with E-state index in [0.717, 1.165) is 18.6 Å². The van der Waals surface area contributed by atoms with E-state index in [2.05, 4.69) is 0 Å². The molecule has 1 saturated heterocycles. The molecular formula is C14H18F2N2O2. The molecule has 0 bridgehead atoms. The van der Waals surface area contributed by atoms with E-state index in [1.165, 1.54) is 11.0 Å². The molecule has 2 unspecified atom stereocenters. The summed E-state index contributed by atoms with van der Waals surface area (Å²) in [7, 11) is 1.61. The second kappa shape index (κ2) is 6.28. The molecule has 1 aromatic carbocycles. The molecule has 2 rings (SSSR count). The molecule has 0 saturated carbocycles. The Labute approximate surface area is 116 Å². The lowest BCUT2D eigenvalue weighted by atomic mass is 10.1. The average molecular weight is 284 g/mol. The maximum absolute atomic E-state index is 13.1. The highest BCUT2D eigenvalue weighted by atomic mass is 19.2. The molecule has 0 aromatic heterocycles. The number of benzene rings is 1. The smallest absolute Gasteiger partial charge is 0.251 e. The van der Waals surface area contributed by atoms with Gasteiger partial charge in [-0.25, -0.2) is 8.78 Å². The molecular weight excluding hydrogens is 266 g/mol. The number of amides is 1. The fraction of sp³-hybridized carbons (Fsp3) is 0.500. The summed E-state index contributed by atoms with van der Waals surface area (Å²) >= 11 is 0.